The van der Waals surface area contributed by atoms with Crippen molar-refractivity contribution in [3.05, 3.63) is 36.0 Å². The molecule has 2 rings (SSSR count). The van der Waals surface area contributed by atoms with Gasteiger partial charge in [0, 0.05) is 24.5 Å². The molecule has 0 aliphatic rings. The Bertz CT molecular complexity index is 542. The second kappa shape index (κ2) is 4.72. The van der Waals surface area contributed by atoms with E-state index < -0.39 is 0 Å². The lowest BCUT2D eigenvalue weighted by atomic mass is 10.0. The van der Waals surface area contributed by atoms with Crippen LogP contribution in [0.15, 0.2) is 30.5 Å². The van der Waals surface area contributed by atoms with Gasteiger partial charge in [0.15, 0.2) is 0 Å². The van der Waals surface area contributed by atoms with E-state index in [0.29, 0.717) is 0 Å². The van der Waals surface area contributed by atoms with E-state index >= 15 is 0 Å². The molecule has 3 heteroatoms. The Kier molecular flexibility index (Phi) is 3.29. The summed E-state index contributed by atoms with van der Waals surface area (Å²) in [5.74, 6) is 0.0242. The van der Waals surface area contributed by atoms with E-state index in [0.717, 1.165) is 29.3 Å². The molecular formula is C14H18N2O. The average molecular weight is 230 g/mol. The van der Waals surface area contributed by atoms with Crippen LogP contribution in [0, 0.1) is 0 Å². The number of benzene rings is 1. The van der Waals surface area contributed by atoms with E-state index in [-0.39, 0.29) is 11.9 Å². The van der Waals surface area contributed by atoms with Crippen molar-refractivity contribution >= 4 is 16.8 Å². The first kappa shape index (κ1) is 11.9. The summed E-state index contributed by atoms with van der Waals surface area (Å²) in [6, 6.07) is 7.91. The summed E-state index contributed by atoms with van der Waals surface area (Å²) < 4.78 is 1.68. The quantitative estimate of drug-likeness (QED) is 0.880. The number of hydrogen-bond donors (Lipinski definition) is 1. The van der Waals surface area contributed by atoms with E-state index in [1.807, 2.05) is 30.5 Å². The maximum Gasteiger partial charge on any atom is 0.227 e. The molecule has 0 fully saturated rings. The van der Waals surface area contributed by atoms with E-state index in [2.05, 4.69) is 6.92 Å². The average Bonchev–Trinajstić information content (AvgIpc) is 2.69. The Morgan fingerprint density at radius 1 is 1.41 bits per heavy atom. The van der Waals surface area contributed by atoms with Crippen molar-refractivity contribution in [3.8, 4) is 0 Å². The maximum atomic E-state index is 11.6. The molecule has 0 aliphatic carbocycles. The molecule has 0 aliphatic heterocycles. The molecule has 0 amide bonds. The molecule has 17 heavy (non-hydrogen) atoms. The third-order valence-corrected chi connectivity index (χ3v) is 3.08. The summed E-state index contributed by atoms with van der Waals surface area (Å²) in [6.07, 6.45) is 3.86. The van der Waals surface area contributed by atoms with Gasteiger partial charge in [-0.3, -0.25) is 9.36 Å². The van der Waals surface area contributed by atoms with Crippen LogP contribution < -0.4 is 5.73 Å². The zero-order valence-corrected chi connectivity index (χ0v) is 10.3. The number of nitrogens with two attached hydrogens (primary N) is 1. The highest BCUT2D eigenvalue weighted by Crippen LogP contribution is 2.27. The Morgan fingerprint density at radius 2 is 2.12 bits per heavy atom. The van der Waals surface area contributed by atoms with Crippen LogP contribution in [-0.4, -0.2) is 10.5 Å². The van der Waals surface area contributed by atoms with Crippen LogP contribution in [0.3, 0.4) is 0 Å². The topological polar surface area (TPSA) is 48.0 Å². The molecule has 0 saturated heterocycles. The number of carbonyl (C=O) groups excluding carboxylic acids is 1. The highest BCUT2D eigenvalue weighted by molar-refractivity contribution is 5.93. The summed E-state index contributed by atoms with van der Waals surface area (Å²) in [7, 11) is 0. The standard InChI is InChI=1S/C14H18N2O/c1-3-6-13(15)12-9-16(10(2)17)14-8-5-4-7-11(12)14/h4-5,7-9,13H,3,6,15H2,1-2H3/t13-/m0/s1. The molecule has 2 aromatic rings. The molecule has 1 heterocycles. The molecule has 0 spiro atoms. The highest BCUT2D eigenvalue weighted by atomic mass is 16.1. The van der Waals surface area contributed by atoms with Crippen molar-refractivity contribution in [2.45, 2.75) is 32.7 Å². The maximum absolute atomic E-state index is 11.6. The van der Waals surface area contributed by atoms with Crippen molar-refractivity contribution in [2.75, 3.05) is 0 Å². The zero-order valence-electron chi connectivity index (χ0n) is 10.3. The van der Waals surface area contributed by atoms with Gasteiger partial charge >= 0.3 is 0 Å². The molecule has 3 nitrogen and oxygen atoms in total. The van der Waals surface area contributed by atoms with E-state index in [4.69, 9.17) is 5.73 Å². The van der Waals surface area contributed by atoms with Gasteiger partial charge in [-0.15, -0.1) is 0 Å². The number of nitrogens with zero attached hydrogens (tertiary/aromatic N) is 1. The van der Waals surface area contributed by atoms with E-state index in [1.54, 1.807) is 11.5 Å². The molecule has 90 valence electrons. The minimum absolute atomic E-state index is 0.00509. The van der Waals surface area contributed by atoms with Gasteiger partial charge in [-0.05, 0) is 18.1 Å². The summed E-state index contributed by atoms with van der Waals surface area (Å²) in [5, 5.41) is 1.09. The van der Waals surface area contributed by atoms with E-state index in [1.165, 1.54) is 0 Å². The number of fused-ring (bicyclic) bond motifs is 1. The predicted octanol–water partition coefficient (Wildman–Crippen LogP) is 3.10. The lowest BCUT2D eigenvalue weighted by Gasteiger charge is -2.08. The number of para-hydroxylation sites is 1. The normalized spacial score (nSPS) is 12.9. The van der Waals surface area contributed by atoms with Crippen LogP contribution >= 0.6 is 0 Å². The predicted molar refractivity (Wildman–Crippen MR) is 70.1 cm³/mol. The van der Waals surface area contributed by atoms with Gasteiger partial charge in [-0.1, -0.05) is 31.5 Å². The van der Waals surface area contributed by atoms with Crippen LogP contribution in [0.1, 0.15) is 43.1 Å². The minimum atomic E-state index is 0.00509. The largest absolute Gasteiger partial charge is 0.324 e. The summed E-state index contributed by atoms with van der Waals surface area (Å²) >= 11 is 0. The fourth-order valence-electron chi connectivity index (χ4n) is 2.23. The van der Waals surface area contributed by atoms with Crippen LogP contribution in [0.2, 0.25) is 0 Å². The van der Waals surface area contributed by atoms with Crippen LogP contribution in [0.4, 0.5) is 0 Å². The van der Waals surface area contributed by atoms with Crippen molar-refractivity contribution in [1.29, 1.82) is 0 Å². The Labute approximate surface area is 101 Å². The molecular weight excluding hydrogens is 212 g/mol. The zero-order chi connectivity index (χ0) is 12.4. The van der Waals surface area contributed by atoms with Gasteiger partial charge in [0.1, 0.15) is 0 Å². The SMILES string of the molecule is CCC[C@H](N)c1cn(C(C)=O)c2ccccc12. The lowest BCUT2D eigenvalue weighted by molar-refractivity contribution is 0.0941. The summed E-state index contributed by atoms with van der Waals surface area (Å²) in [4.78, 5) is 11.6. The smallest absolute Gasteiger partial charge is 0.227 e. The molecule has 0 unspecified atom stereocenters. The van der Waals surface area contributed by atoms with Gasteiger partial charge in [-0.25, -0.2) is 0 Å². The van der Waals surface area contributed by atoms with Gasteiger partial charge in [0.2, 0.25) is 5.91 Å². The second-order valence-corrected chi connectivity index (χ2v) is 4.39. The first-order valence-corrected chi connectivity index (χ1v) is 6.01. The lowest BCUT2D eigenvalue weighted by Crippen LogP contribution is -2.09. The Balaban J connectivity index is 2.60. The molecule has 1 aromatic carbocycles. The first-order chi connectivity index (χ1) is 8.15. The van der Waals surface area contributed by atoms with Crippen LogP contribution in [-0.2, 0) is 0 Å². The molecule has 0 saturated carbocycles. The molecule has 2 N–H and O–H groups in total. The summed E-state index contributed by atoms with van der Waals surface area (Å²) in [5.41, 5.74) is 8.17. The second-order valence-electron chi connectivity index (χ2n) is 4.39. The third kappa shape index (κ3) is 2.11. The Morgan fingerprint density at radius 3 is 2.76 bits per heavy atom. The molecule has 0 bridgehead atoms. The summed E-state index contributed by atoms with van der Waals surface area (Å²) in [6.45, 7) is 3.69. The van der Waals surface area contributed by atoms with Crippen LogP contribution in [0.5, 0.6) is 0 Å². The Hall–Kier alpha value is -1.61. The van der Waals surface area contributed by atoms with Gasteiger partial charge < -0.3 is 5.73 Å². The van der Waals surface area contributed by atoms with Gasteiger partial charge in [-0.2, -0.15) is 0 Å². The highest BCUT2D eigenvalue weighted by Gasteiger charge is 2.15. The molecule has 1 aromatic heterocycles. The fraction of sp³-hybridized carbons (Fsp3) is 0.357. The molecule has 1 atom stereocenters. The van der Waals surface area contributed by atoms with Crippen molar-refractivity contribution in [1.82, 2.24) is 4.57 Å². The van der Waals surface area contributed by atoms with Gasteiger partial charge in [0.05, 0.1) is 5.52 Å². The fourth-order valence-corrected chi connectivity index (χ4v) is 2.23. The minimum Gasteiger partial charge on any atom is -0.324 e. The van der Waals surface area contributed by atoms with Crippen molar-refractivity contribution < 1.29 is 4.79 Å². The van der Waals surface area contributed by atoms with E-state index in [9.17, 15) is 4.79 Å². The number of carbonyl (C=O) groups is 1. The monoisotopic (exact) mass is 230 g/mol. The third-order valence-electron chi connectivity index (χ3n) is 3.08. The number of hydrogen-bond acceptors (Lipinski definition) is 2. The number of rotatable bonds is 3. The van der Waals surface area contributed by atoms with Crippen molar-refractivity contribution in [2.24, 2.45) is 5.73 Å². The first-order valence-electron chi connectivity index (χ1n) is 6.01. The van der Waals surface area contributed by atoms with Crippen molar-refractivity contribution in [3.63, 3.8) is 0 Å². The van der Waals surface area contributed by atoms with Crippen LogP contribution in [0.25, 0.3) is 10.9 Å². The number of aromatic nitrogens is 1. The van der Waals surface area contributed by atoms with Gasteiger partial charge in [0.25, 0.3) is 0 Å². The molecule has 0 radical (unpaired) electrons.